The van der Waals surface area contributed by atoms with E-state index in [2.05, 4.69) is 58.3 Å². The number of hydrogen-bond acceptors (Lipinski definition) is 3. The standard InChI is InChI=1S/C21H32N6/c1-3-25-13-15-26(16-14-25)20(18-11-9-17(2)10-12-18)21-22-23-24-27(21)19-7-5-4-6-8-19/h9-12,19-20H,3-8,13-16H2,1-2H3/p+2/t20-/m1/s1. The number of hydrogen-bond donors (Lipinski definition) is 2. The third-order valence-corrected chi connectivity index (χ3v) is 6.62. The number of benzene rings is 1. The third-order valence-electron chi connectivity index (χ3n) is 6.62. The maximum absolute atomic E-state index is 4.58. The van der Waals surface area contributed by atoms with E-state index in [1.54, 1.807) is 9.80 Å². The Morgan fingerprint density at radius 2 is 1.74 bits per heavy atom. The fourth-order valence-electron chi connectivity index (χ4n) is 4.87. The van der Waals surface area contributed by atoms with Gasteiger partial charge in [0, 0.05) is 5.56 Å². The number of tetrazole rings is 1. The number of likely N-dealkylation sites (N-methyl/N-ethyl adjacent to an activating group) is 1. The molecule has 1 atom stereocenters. The molecule has 1 aromatic carbocycles. The van der Waals surface area contributed by atoms with Gasteiger partial charge in [0.05, 0.1) is 12.6 Å². The molecule has 6 nitrogen and oxygen atoms in total. The largest absolute Gasteiger partial charge is 0.326 e. The van der Waals surface area contributed by atoms with Crippen molar-refractivity contribution in [3.63, 3.8) is 0 Å². The van der Waals surface area contributed by atoms with E-state index < -0.39 is 0 Å². The topological polar surface area (TPSA) is 52.5 Å². The highest BCUT2D eigenvalue weighted by atomic mass is 15.6. The lowest BCUT2D eigenvalue weighted by atomic mass is 9.95. The Balaban J connectivity index is 1.66. The molecular formula is C21H34N6+2. The van der Waals surface area contributed by atoms with Crippen LogP contribution in [0, 0.1) is 6.92 Å². The van der Waals surface area contributed by atoms with E-state index in [9.17, 15) is 0 Å². The second kappa shape index (κ2) is 8.48. The molecule has 2 fully saturated rings. The Kier molecular flexibility index (Phi) is 5.83. The molecule has 6 heteroatoms. The summed E-state index contributed by atoms with van der Waals surface area (Å²) in [6.07, 6.45) is 6.36. The van der Waals surface area contributed by atoms with Crippen LogP contribution in [0.4, 0.5) is 0 Å². The molecule has 1 aliphatic carbocycles. The molecule has 1 saturated heterocycles. The van der Waals surface area contributed by atoms with Gasteiger partial charge in [0.15, 0.2) is 6.04 Å². The molecule has 2 aromatic rings. The summed E-state index contributed by atoms with van der Waals surface area (Å²) in [5.74, 6) is 1.07. The monoisotopic (exact) mass is 370 g/mol. The highest BCUT2D eigenvalue weighted by Crippen LogP contribution is 2.30. The van der Waals surface area contributed by atoms with E-state index in [-0.39, 0.29) is 6.04 Å². The number of nitrogens with zero attached hydrogens (tertiary/aromatic N) is 4. The zero-order valence-corrected chi connectivity index (χ0v) is 16.8. The molecule has 2 heterocycles. The lowest BCUT2D eigenvalue weighted by Crippen LogP contribution is -3.28. The van der Waals surface area contributed by atoms with Crippen LogP contribution in [-0.4, -0.2) is 52.9 Å². The third kappa shape index (κ3) is 4.06. The van der Waals surface area contributed by atoms with Gasteiger partial charge in [-0.1, -0.05) is 49.1 Å². The van der Waals surface area contributed by atoms with Gasteiger partial charge < -0.3 is 9.80 Å². The average molecular weight is 371 g/mol. The van der Waals surface area contributed by atoms with Crippen LogP contribution in [0.25, 0.3) is 0 Å². The normalized spacial score (nSPS) is 25.4. The number of aromatic nitrogens is 4. The summed E-state index contributed by atoms with van der Waals surface area (Å²) in [6.45, 7) is 10.5. The summed E-state index contributed by atoms with van der Waals surface area (Å²) in [6, 6.07) is 9.73. The molecular weight excluding hydrogens is 336 g/mol. The van der Waals surface area contributed by atoms with Gasteiger partial charge in [-0.15, -0.1) is 5.10 Å². The van der Waals surface area contributed by atoms with E-state index in [1.807, 2.05) is 0 Å². The average Bonchev–Trinajstić information content (AvgIpc) is 3.20. The molecule has 1 saturated carbocycles. The summed E-state index contributed by atoms with van der Waals surface area (Å²) in [4.78, 5) is 3.33. The van der Waals surface area contributed by atoms with Crippen LogP contribution in [-0.2, 0) is 0 Å². The van der Waals surface area contributed by atoms with E-state index in [4.69, 9.17) is 0 Å². The van der Waals surface area contributed by atoms with Crippen molar-refractivity contribution in [1.82, 2.24) is 20.2 Å². The van der Waals surface area contributed by atoms with Gasteiger partial charge in [0.2, 0.25) is 5.82 Å². The number of nitrogens with one attached hydrogen (secondary N) is 2. The first-order chi connectivity index (χ1) is 13.3. The van der Waals surface area contributed by atoms with Crippen LogP contribution in [0.2, 0.25) is 0 Å². The second-order valence-corrected chi connectivity index (χ2v) is 8.38. The predicted molar refractivity (Wildman–Crippen MR) is 105 cm³/mol. The van der Waals surface area contributed by atoms with Crippen LogP contribution in [0.5, 0.6) is 0 Å². The molecule has 27 heavy (non-hydrogen) atoms. The van der Waals surface area contributed by atoms with Crippen molar-refractivity contribution in [3.8, 4) is 0 Å². The lowest BCUT2D eigenvalue weighted by molar-refractivity contribution is -1.02. The molecule has 1 aliphatic heterocycles. The van der Waals surface area contributed by atoms with Gasteiger partial charge >= 0.3 is 0 Å². The molecule has 0 amide bonds. The molecule has 0 unspecified atom stereocenters. The Morgan fingerprint density at radius 3 is 2.41 bits per heavy atom. The summed E-state index contributed by atoms with van der Waals surface area (Å²) in [7, 11) is 0. The van der Waals surface area contributed by atoms with Gasteiger partial charge in [0.25, 0.3) is 0 Å². The summed E-state index contributed by atoms with van der Waals surface area (Å²) in [5.41, 5.74) is 2.65. The molecule has 0 radical (unpaired) electrons. The Hall–Kier alpha value is -1.79. The molecule has 1 aromatic heterocycles. The Labute approximate surface area is 162 Å². The van der Waals surface area contributed by atoms with E-state index >= 15 is 0 Å². The quantitative estimate of drug-likeness (QED) is 0.800. The predicted octanol–water partition coefficient (Wildman–Crippen LogP) is 0.379. The number of aryl methyl sites for hydroxylation is 1. The van der Waals surface area contributed by atoms with Crippen LogP contribution < -0.4 is 9.80 Å². The van der Waals surface area contributed by atoms with Crippen molar-refractivity contribution in [2.45, 2.75) is 58.0 Å². The van der Waals surface area contributed by atoms with E-state index in [1.165, 1.54) is 76.0 Å². The first kappa shape index (κ1) is 18.6. The SMILES string of the molecule is CC[NH+]1CC[NH+]([C@H](c2ccc(C)cc2)c2nnnn2C2CCCCC2)CC1. The summed E-state index contributed by atoms with van der Waals surface area (Å²) < 4.78 is 2.18. The van der Waals surface area contributed by atoms with Crippen molar-refractivity contribution in [2.75, 3.05) is 32.7 Å². The molecule has 2 aliphatic rings. The van der Waals surface area contributed by atoms with E-state index in [0.29, 0.717) is 6.04 Å². The second-order valence-electron chi connectivity index (χ2n) is 8.38. The van der Waals surface area contributed by atoms with Crippen molar-refractivity contribution >= 4 is 0 Å². The van der Waals surface area contributed by atoms with Gasteiger partial charge in [-0.2, -0.15) is 0 Å². The fourth-order valence-corrected chi connectivity index (χ4v) is 4.87. The van der Waals surface area contributed by atoms with Crippen LogP contribution in [0.1, 0.15) is 68.1 Å². The Morgan fingerprint density at radius 1 is 1.04 bits per heavy atom. The Bertz CT molecular complexity index is 711. The van der Waals surface area contributed by atoms with Crippen molar-refractivity contribution in [2.24, 2.45) is 0 Å². The number of quaternary nitrogens is 2. The van der Waals surface area contributed by atoms with Gasteiger partial charge in [-0.05, 0) is 37.1 Å². The maximum atomic E-state index is 4.58. The maximum Gasteiger partial charge on any atom is 0.214 e. The minimum atomic E-state index is 0.237. The van der Waals surface area contributed by atoms with Gasteiger partial charge in [0.1, 0.15) is 26.2 Å². The molecule has 146 valence electrons. The van der Waals surface area contributed by atoms with Crippen molar-refractivity contribution < 1.29 is 9.80 Å². The molecule has 4 rings (SSSR count). The smallest absolute Gasteiger partial charge is 0.214 e. The summed E-state index contributed by atoms with van der Waals surface area (Å²) in [5, 5.41) is 13.2. The molecule has 2 N–H and O–H groups in total. The van der Waals surface area contributed by atoms with Gasteiger partial charge in [-0.3, -0.25) is 0 Å². The summed E-state index contributed by atoms with van der Waals surface area (Å²) >= 11 is 0. The zero-order valence-electron chi connectivity index (χ0n) is 16.8. The first-order valence-electron chi connectivity index (χ1n) is 10.8. The van der Waals surface area contributed by atoms with Crippen molar-refractivity contribution in [3.05, 3.63) is 41.2 Å². The van der Waals surface area contributed by atoms with Crippen LogP contribution >= 0.6 is 0 Å². The zero-order chi connectivity index (χ0) is 18.6. The molecule has 0 spiro atoms. The van der Waals surface area contributed by atoms with E-state index in [0.717, 1.165) is 5.82 Å². The number of piperazine rings is 1. The van der Waals surface area contributed by atoms with Crippen LogP contribution in [0.15, 0.2) is 24.3 Å². The first-order valence-corrected chi connectivity index (χ1v) is 10.8. The highest BCUT2D eigenvalue weighted by molar-refractivity contribution is 5.26. The van der Waals surface area contributed by atoms with Gasteiger partial charge in [-0.25, -0.2) is 4.68 Å². The highest BCUT2D eigenvalue weighted by Gasteiger charge is 2.36. The fraction of sp³-hybridized carbons (Fsp3) is 0.667. The lowest BCUT2D eigenvalue weighted by Gasteiger charge is -2.34. The van der Waals surface area contributed by atoms with Crippen LogP contribution in [0.3, 0.4) is 0 Å². The minimum Gasteiger partial charge on any atom is -0.326 e. The minimum absolute atomic E-state index is 0.237. The number of rotatable bonds is 5. The van der Waals surface area contributed by atoms with Crippen molar-refractivity contribution in [1.29, 1.82) is 0 Å². The molecule has 0 bridgehead atoms.